The average molecular weight is 1210 g/mol. The maximum atomic E-state index is 12.8. The van der Waals surface area contributed by atoms with Gasteiger partial charge in [0.15, 0.2) is 0 Å². The van der Waals surface area contributed by atoms with Gasteiger partial charge in [0, 0.05) is 22.3 Å². The maximum absolute atomic E-state index is 12.8. The van der Waals surface area contributed by atoms with E-state index >= 15 is 0 Å². The molecular weight excluding hydrogens is 1140 g/mol. The molecule has 0 amide bonds. The first-order valence-corrected chi connectivity index (χ1v) is 29.8. The molecule has 0 radical (unpaired) electrons. The van der Waals surface area contributed by atoms with Gasteiger partial charge in [0.2, 0.25) is 0 Å². The number of nitriles is 3. The van der Waals surface area contributed by atoms with Gasteiger partial charge in [-0.1, -0.05) is 276 Å². The molecule has 91 heavy (non-hydrogen) atoms. The van der Waals surface area contributed by atoms with Gasteiger partial charge in [0.25, 0.3) is 5.70 Å². The number of aliphatic hydroxyl groups excluding tert-OH is 1. The molecule has 0 bridgehead atoms. The quantitative estimate of drug-likeness (QED) is 0.0222. The summed E-state index contributed by atoms with van der Waals surface area (Å²) >= 11 is 0. The molecule has 0 saturated heterocycles. The minimum Gasteiger partial charge on any atom is -0.471 e. The fraction of sp³-hybridized carbons (Fsp3) is 0.179. The van der Waals surface area contributed by atoms with Crippen LogP contribution in [-0.4, -0.2) is 62.0 Å². The fourth-order valence-electron chi connectivity index (χ4n) is 9.24. The summed E-state index contributed by atoms with van der Waals surface area (Å²) < 4.78 is 20.5. The average Bonchev–Trinajstić information content (AvgIpc) is 1.59. The zero-order valence-electron chi connectivity index (χ0n) is 51.5. The predicted octanol–water partition coefficient (Wildman–Crippen LogP) is 15.8. The highest BCUT2D eigenvalue weighted by Gasteiger charge is 2.24. The lowest BCUT2D eigenvalue weighted by molar-refractivity contribution is -0.140. The molecule has 0 aliphatic heterocycles. The number of unbranched alkanes of at least 4 members (excludes halogenated alkanes) is 1. The Morgan fingerprint density at radius 2 is 0.670 bits per heavy atom. The summed E-state index contributed by atoms with van der Waals surface area (Å²) in [6, 6.07) is 81.1. The number of carbonyl (C=O) groups is 4. The largest absolute Gasteiger partial charge is 0.471 e. The summed E-state index contributed by atoms with van der Waals surface area (Å²) in [5.41, 5.74) is 8.78. The van der Waals surface area contributed by atoms with Crippen LogP contribution in [0.5, 0.6) is 0 Å². The van der Waals surface area contributed by atoms with Crippen molar-refractivity contribution >= 4 is 46.2 Å². The van der Waals surface area contributed by atoms with E-state index in [-0.39, 0.29) is 48.8 Å². The van der Waals surface area contributed by atoms with E-state index in [2.05, 4.69) is 24.8 Å². The van der Waals surface area contributed by atoms with E-state index in [0.717, 1.165) is 70.2 Å². The SMILES string of the molecule is CCCCC(CC)COC(=O)C(C#N)=C(c1ccccc1)c1ccccc1.CCOC(=O)C(C#N)=C(c1ccccc1)c1ccccc1.N#CC(C(=O)OCCO)=C(c1ccccc1)c1ccccc1.[C-]#[N+]C(C(=O)OCC)=C(c1ccccc1)c1ccccc1. The topological polar surface area (TPSA) is 201 Å². The first-order chi connectivity index (χ1) is 44.5. The van der Waals surface area contributed by atoms with Crippen molar-refractivity contribution in [2.45, 2.75) is 53.4 Å². The van der Waals surface area contributed by atoms with Crippen molar-refractivity contribution < 1.29 is 43.2 Å². The molecule has 0 saturated carbocycles. The van der Waals surface area contributed by atoms with Gasteiger partial charge in [-0.25, -0.2) is 19.2 Å². The summed E-state index contributed by atoms with van der Waals surface area (Å²) in [6.07, 6.45) is 4.25. The molecule has 1 unspecified atom stereocenters. The van der Waals surface area contributed by atoms with Gasteiger partial charge in [0.1, 0.15) is 41.5 Å². The van der Waals surface area contributed by atoms with Crippen LogP contribution in [0.4, 0.5) is 0 Å². The highest BCUT2D eigenvalue weighted by Crippen LogP contribution is 2.32. The van der Waals surface area contributed by atoms with Crippen LogP contribution in [0, 0.1) is 46.5 Å². The van der Waals surface area contributed by atoms with Crippen LogP contribution in [0.2, 0.25) is 0 Å². The van der Waals surface area contributed by atoms with Crippen molar-refractivity contribution in [1.29, 1.82) is 15.8 Å². The summed E-state index contributed by atoms with van der Waals surface area (Å²) in [4.78, 5) is 52.4. The van der Waals surface area contributed by atoms with E-state index in [4.69, 9.17) is 30.6 Å². The highest BCUT2D eigenvalue weighted by molar-refractivity contribution is 6.07. The van der Waals surface area contributed by atoms with Crippen LogP contribution < -0.4 is 0 Å². The standard InChI is InChI=1S/C24H27NO2.C18H15NO3.2C18H15NO2/c1-3-5-12-19(4-2)18-27-24(26)22(17-25)23(20-13-8-6-9-14-20)21-15-10-7-11-16-21;19-13-16(18(21)22-12-11-20)17(14-7-3-1-4-8-14)15-9-5-2-6-10-15;1-3-21-18(20)17(19-2)16(14-10-6-4-7-11-14)15-12-8-5-9-13-15;1-2-21-18(20)16(13-19)17(14-9-5-3-6-10-14)15-11-7-4-8-12-15/h6-11,13-16,19H,3-5,12,18H2,1-2H3;1-10,20H,11-12H2;4-13H,3H2,1H3;3-12H,2H2,1H3. The molecule has 0 heterocycles. The third-order valence-corrected chi connectivity index (χ3v) is 13.6. The van der Waals surface area contributed by atoms with E-state index in [1.165, 1.54) is 0 Å². The van der Waals surface area contributed by atoms with E-state index in [0.29, 0.717) is 34.8 Å². The Morgan fingerprint density at radius 1 is 0.407 bits per heavy atom. The Bertz CT molecular complexity index is 3590. The van der Waals surface area contributed by atoms with Crippen LogP contribution in [0.15, 0.2) is 265 Å². The van der Waals surface area contributed by atoms with Gasteiger partial charge in [-0.15, -0.1) is 0 Å². The molecule has 0 spiro atoms. The van der Waals surface area contributed by atoms with E-state index in [1.807, 2.05) is 255 Å². The Labute approximate surface area is 534 Å². The molecule has 458 valence electrons. The second-order valence-electron chi connectivity index (χ2n) is 19.7. The van der Waals surface area contributed by atoms with Gasteiger partial charge in [0.05, 0.1) is 33.0 Å². The number of ether oxygens (including phenoxy) is 4. The van der Waals surface area contributed by atoms with Crippen molar-refractivity contribution in [3.05, 3.63) is 321 Å². The van der Waals surface area contributed by atoms with Gasteiger partial charge >= 0.3 is 23.9 Å². The number of aliphatic hydroxyl groups is 1. The minimum absolute atomic E-state index is 0.00856. The Balaban J connectivity index is 0.000000222. The van der Waals surface area contributed by atoms with E-state index in [9.17, 15) is 35.0 Å². The lowest BCUT2D eigenvalue weighted by atomic mass is 9.93. The van der Waals surface area contributed by atoms with Crippen molar-refractivity contribution in [2.24, 2.45) is 5.92 Å². The smallest absolute Gasteiger partial charge is 0.349 e. The molecular formula is C78H72N4O9. The molecule has 0 fully saturated rings. The molecule has 0 aliphatic rings. The normalized spacial score (nSPS) is 10.1. The first-order valence-electron chi connectivity index (χ1n) is 29.8. The monoisotopic (exact) mass is 1210 g/mol. The Kier molecular flexibility index (Phi) is 30.9. The van der Waals surface area contributed by atoms with Gasteiger partial charge < -0.3 is 24.1 Å². The zero-order valence-corrected chi connectivity index (χ0v) is 51.5. The summed E-state index contributed by atoms with van der Waals surface area (Å²) in [5, 5.41) is 37.3. The van der Waals surface area contributed by atoms with Crippen LogP contribution in [0.25, 0.3) is 27.1 Å². The molecule has 13 nitrogen and oxygen atoms in total. The maximum Gasteiger partial charge on any atom is 0.349 e. The summed E-state index contributed by atoms with van der Waals surface area (Å²) in [6.45, 7) is 15.5. The summed E-state index contributed by atoms with van der Waals surface area (Å²) in [5.74, 6) is -2.13. The predicted molar refractivity (Wildman–Crippen MR) is 355 cm³/mol. The van der Waals surface area contributed by atoms with Crippen LogP contribution >= 0.6 is 0 Å². The lowest BCUT2D eigenvalue weighted by Gasteiger charge is -2.16. The molecule has 13 heteroatoms. The third kappa shape index (κ3) is 21.7. The number of hydrogen-bond acceptors (Lipinski definition) is 12. The molecule has 1 atom stereocenters. The van der Waals surface area contributed by atoms with Gasteiger partial charge in [-0.3, -0.25) is 4.79 Å². The Hall–Kier alpha value is -11.5. The van der Waals surface area contributed by atoms with Crippen molar-refractivity contribution in [1.82, 2.24) is 0 Å². The second-order valence-corrected chi connectivity index (χ2v) is 19.7. The van der Waals surface area contributed by atoms with Crippen molar-refractivity contribution in [3.8, 4) is 18.2 Å². The number of nitrogens with zero attached hydrogens (tertiary/aromatic N) is 4. The van der Waals surface area contributed by atoms with Crippen LogP contribution in [0.1, 0.15) is 97.9 Å². The van der Waals surface area contributed by atoms with E-state index in [1.54, 1.807) is 13.8 Å². The van der Waals surface area contributed by atoms with Gasteiger partial charge in [-0.2, -0.15) is 15.8 Å². The number of carbonyl (C=O) groups excluding carboxylic acids is 4. The lowest BCUT2D eigenvalue weighted by Crippen LogP contribution is -2.16. The zero-order chi connectivity index (χ0) is 65.4. The fourth-order valence-corrected chi connectivity index (χ4v) is 9.24. The number of esters is 4. The van der Waals surface area contributed by atoms with Crippen LogP contribution in [-0.2, 0) is 38.1 Å². The number of benzene rings is 8. The van der Waals surface area contributed by atoms with Crippen molar-refractivity contribution in [2.75, 3.05) is 33.0 Å². The molecule has 1 N–H and O–H groups in total. The molecule has 0 aliphatic carbocycles. The third-order valence-electron chi connectivity index (χ3n) is 13.6. The Morgan fingerprint density at radius 3 is 0.912 bits per heavy atom. The second kappa shape index (κ2) is 40.1. The molecule has 8 aromatic carbocycles. The molecule has 8 rings (SSSR count). The van der Waals surface area contributed by atoms with Crippen molar-refractivity contribution in [3.63, 3.8) is 0 Å². The van der Waals surface area contributed by atoms with Gasteiger partial charge in [-0.05, 0) is 70.7 Å². The van der Waals surface area contributed by atoms with Crippen LogP contribution in [0.3, 0.4) is 0 Å². The molecule has 8 aromatic rings. The minimum atomic E-state index is -0.737. The van der Waals surface area contributed by atoms with E-state index < -0.39 is 23.9 Å². The first kappa shape index (κ1) is 70.3. The highest BCUT2D eigenvalue weighted by atomic mass is 16.5. The number of hydrogen-bond donors (Lipinski definition) is 1. The number of rotatable bonds is 22. The summed E-state index contributed by atoms with van der Waals surface area (Å²) in [7, 11) is 0. The molecule has 0 aromatic heterocycles.